The van der Waals surface area contributed by atoms with E-state index in [-0.39, 0.29) is 23.7 Å². The van der Waals surface area contributed by atoms with E-state index in [9.17, 15) is 9.18 Å². The molecule has 0 spiro atoms. The van der Waals surface area contributed by atoms with Crippen LogP contribution < -0.4 is 5.73 Å². The van der Waals surface area contributed by atoms with E-state index < -0.39 is 5.82 Å². The maximum absolute atomic E-state index is 13.0. The van der Waals surface area contributed by atoms with Gasteiger partial charge in [-0.1, -0.05) is 19.9 Å². The standard InChI is InChI=1S/C13H19FN2O.ClH/c1-13(2,8-15)9-16(3)12(17)10-5-4-6-11(14)7-10;/h4-7H,8-9,15H2,1-3H3;1H. The molecule has 0 aromatic heterocycles. The zero-order chi connectivity index (χ0) is 13.1. The van der Waals surface area contributed by atoms with Crippen LogP contribution in [0.5, 0.6) is 0 Å². The van der Waals surface area contributed by atoms with Gasteiger partial charge in [-0.15, -0.1) is 12.4 Å². The molecule has 0 saturated carbocycles. The van der Waals surface area contributed by atoms with Crippen molar-refractivity contribution < 1.29 is 9.18 Å². The van der Waals surface area contributed by atoms with Crippen LogP contribution in [-0.2, 0) is 0 Å². The molecule has 0 saturated heterocycles. The maximum atomic E-state index is 13.0. The third kappa shape index (κ3) is 4.63. The summed E-state index contributed by atoms with van der Waals surface area (Å²) in [5, 5.41) is 0. The molecule has 0 atom stereocenters. The zero-order valence-corrected chi connectivity index (χ0v) is 11.8. The van der Waals surface area contributed by atoms with Crippen LogP contribution in [0.15, 0.2) is 24.3 Å². The van der Waals surface area contributed by atoms with E-state index >= 15 is 0 Å². The van der Waals surface area contributed by atoms with Crippen LogP contribution in [0.25, 0.3) is 0 Å². The normalized spacial score (nSPS) is 10.7. The lowest BCUT2D eigenvalue weighted by Crippen LogP contribution is -2.39. The fourth-order valence-corrected chi connectivity index (χ4v) is 1.62. The predicted molar refractivity (Wildman–Crippen MR) is 73.4 cm³/mol. The highest BCUT2D eigenvalue weighted by Crippen LogP contribution is 2.16. The van der Waals surface area contributed by atoms with Gasteiger partial charge in [0.15, 0.2) is 0 Å². The van der Waals surface area contributed by atoms with E-state index in [2.05, 4.69) is 0 Å². The number of halogens is 2. The van der Waals surface area contributed by atoms with Crippen molar-refractivity contribution in [1.29, 1.82) is 0 Å². The van der Waals surface area contributed by atoms with Gasteiger partial charge in [0.25, 0.3) is 5.91 Å². The van der Waals surface area contributed by atoms with Crippen LogP contribution in [0.1, 0.15) is 24.2 Å². The van der Waals surface area contributed by atoms with Crippen molar-refractivity contribution in [3.63, 3.8) is 0 Å². The molecular formula is C13H20ClFN2O. The average molecular weight is 275 g/mol. The Labute approximate surface area is 114 Å². The van der Waals surface area contributed by atoms with Gasteiger partial charge in [-0.05, 0) is 30.2 Å². The van der Waals surface area contributed by atoms with Crippen LogP contribution in [0.2, 0.25) is 0 Å². The summed E-state index contributed by atoms with van der Waals surface area (Å²) in [5.41, 5.74) is 5.84. The molecule has 1 aromatic carbocycles. The van der Waals surface area contributed by atoms with Gasteiger partial charge in [0.1, 0.15) is 5.82 Å². The maximum Gasteiger partial charge on any atom is 0.253 e. The summed E-state index contributed by atoms with van der Waals surface area (Å²) < 4.78 is 13.0. The predicted octanol–water partition coefficient (Wildman–Crippen LogP) is 2.30. The molecule has 0 aliphatic rings. The molecule has 102 valence electrons. The third-order valence-corrected chi connectivity index (χ3v) is 2.64. The van der Waals surface area contributed by atoms with Crippen LogP contribution in [0.4, 0.5) is 4.39 Å². The van der Waals surface area contributed by atoms with E-state index in [1.807, 2.05) is 13.8 Å². The number of benzene rings is 1. The second-order valence-corrected chi connectivity index (χ2v) is 5.04. The fourth-order valence-electron chi connectivity index (χ4n) is 1.62. The highest BCUT2D eigenvalue weighted by Gasteiger charge is 2.21. The summed E-state index contributed by atoms with van der Waals surface area (Å²) in [4.78, 5) is 13.6. The van der Waals surface area contributed by atoms with Crippen LogP contribution in [-0.4, -0.2) is 30.9 Å². The summed E-state index contributed by atoms with van der Waals surface area (Å²) in [6, 6.07) is 5.71. The Bertz CT molecular complexity index is 410. The van der Waals surface area contributed by atoms with E-state index in [1.54, 1.807) is 18.0 Å². The first-order valence-electron chi connectivity index (χ1n) is 5.57. The molecule has 3 nitrogen and oxygen atoms in total. The molecule has 5 heteroatoms. The summed E-state index contributed by atoms with van der Waals surface area (Å²) in [6.07, 6.45) is 0. The monoisotopic (exact) mass is 274 g/mol. The van der Waals surface area contributed by atoms with E-state index in [0.29, 0.717) is 18.7 Å². The number of carbonyl (C=O) groups is 1. The van der Waals surface area contributed by atoms with Crippen LogP contribution in [0.3, 0.4) is 0 Å². The van der Waals surface area contributed by atoms with Crippen molar-refractivity contribution in [2.24, 2.45) is 11.1 Å². The first kappa shape index (κ1) is 16.9. The third-order valence-electron chi connectivity index (χ3n) is 2.64. The molecule has 0 aliphatic carbocycles. The molecule has 0 unspecified atom stereocenters. The van der Waals surface area contributed by atoms with Crippen molar-refractivity contribution in [1.82, 2.24) is 4.90 Å². The summed E-state index contributed by atoms with van der Waals surface area (Å²) in [6.45, 7) is 5.01. The van der Waals surface area contributed by atoms with Gasteiger partial charge in [0, 0.05) is 19.2 Å². The molecule has 1 rings (SSSR count). The van der Waals surface area contributed by atoms with Crippen molar-refractivity contribution in [2.75, 3.05) is 20.1 Å². The molecule has 0 radical (unpaired) electrons. The SMILES string of the molecule is CN(CC(C)(C)CN)C(=O)c1cccc(F)c1.Cl. The van der Waals surface area contributed by atoms with Crippen molar-refractivity contribution in [3.05, 3.63) is 35.6 Å². The Hall–Kier alpha value is -1.13. The molecule has 0 aliphatic heterocycles. The van der Waals surface area contributed by atoms with Crippen molar-refractivity contribution in [2.45, 2.75) is 13.8 Å². The Kier molecular flexibility index (Phi) is 6.29. The van der Waals surface area contributed by atoms with E-state index in [4.69, 9.17) is 5.73 Å². The molecule has 1 aromatic rings. The number of nitrogens with two attached hydrogens (primary N) is 1. The number of amides is 1. The molecule has 1 amide bonds. The minimum absolute atomic E-state index is 0. The Morgan fingerprint density at radius 3 is 2.56 bits per heavy atom. The fraction of sp³-hybridized carbons (Fsp3) is 0.462. The number of hydrogen-bond acceptors (Lipinski definition) is 2. The lowest BCUT2D eigenvalue weighted by molar-refractivity contribution is 0.0740. The second kappa shape index (κ2) is 6.71. The van der Waals surface area contributed by atoms with Gasteiger partial charge in [0.05, 0.1) is 0 Å². The van der Waals surface area contributed by atoms with Crippen molar-refractivity contribution in [3.8, 4) is 0 Å². The minimum Gasteiger partial charge on any atom is -0.341 e. The van der Waals surface area contributed by atoms with E-state index in [1.165, 1.54) is 18.2 Å². The average Bonchev–Trinajstić information content (AvgIpc) is 2.27. The lowest BCUT2D eigenvalue weighted by Gasteiger charge is -2.29. The van der Waals surface area contributed by atoms with Crippen LogP contribution in [0, 0.1) is 11.2 Å². The lowest BCUT2D eigenvalue weighted by atomic mass is 9.93. The Morgan fingerprint density at radius 1 is 1.44 bits per heavy atom. The first-order valence-corrected chi connectivity index (χ1v) is 5.57. The first-order chi connectivity index (χ1) is 7.85. The summed E-state index contributed by atoms with van der Waals surface area (Å²) in [7, 11) is 1.70. The highest BCUT2D eigenvalue weighted by molar-refractivity contribution is 5.94. The van der Waals surface area contributed by atoms with Gasteiger partial charge in [-0.2, -0.15) is 0 Å². The number of carbonyl (C=O) groups excluding carboxylic acids is 1. The highest BCUT2D eigenvalue weighted by atomic mass is 35.5. The minimum atomic E-state index is -0.401. The van der Waals surface area contributed by atoms with Gasteiger partial charge >= 0.3 is 0 Å². The Balaban J connectivity index is 0.00000289. The van der Waals surface area contributed by atoms with Crippen molar-refractivity contribution >= 4 is 18.3 Å². The van der Waals surface area contributed by atoms with Gasteiger partial charge in [-0.3, -0.25) is 4.79 Å². The molecule has 2 N–H and O–H groups in total. The molecule has 18 heavy (non-hydrogen) atoms. The topological polar surface area (TPSA) is 46.3 Å². The Morgan fingerprint density at radius 2 is 2.06 bits per heavy atom. The number of nitrogens with zero attached hydrogens (tertiary/aromatic N) is 1. The van der Waals surface area contributed by atoms with Gasteiger partial charge in [-0.25, -0.2) is 4.39 Å². The van der Waals surface area contributed by atoms with Gasteiger partial charge < -0.3 is 10.6 Å². The second-order valence-electron chi connectivity index (χ2n) is 5.04. The van der Waals surface area contributed by atoms with Gasteiger partial charge in [0.2, 0.25) is 0 Å². The summed E-state index contributed by atoms with van der Waals surface area (Å²) in [5.74, 6) is -0.589. The number of rotatable bonds is 4. The largest absolute Gasteiger partial charge is 0.341 e. The molecule has 0 bridgehead atoms. The van der Waals surface area contributed by atoms with E-state index in [0.717, 1.165) is 0 Å². The smallest absolute Gasteiger partial charge is 0.253 e. The van der Waals surface area contributed by atoms with Crippen LogP contribution >= 0.6 is 12.4 Å². The summed E-state index contributed by atoms with van der Waals surface area (Å²) >= 11 is 0. The molecule has 0 fully saturated rings. The molecular weight excluding hydrogens is 255 g/mol. The zero-order valence-electron chi connectivity index (χ0n) is 10.9. The molecule has 0 heterocycles. The number of hydrogen-bond donors (Lipinski definition) is 1. The quantitative estimate of drug-likeness (QED) is 0.916.